The van der Waals surface area contributed by atoms with Crippen LogP contribution in [0.1, 0.15) is 59.8 Å². The Morgan fingerprint density at radius 2 is 1.82 bits per heavy atom. The molecule has 1 saturated heterocycles. The summed E-state index contributed by atoms with van der Waals surface area (Å²) in [5.41, 5.74) is 5.66. The summed E-state index contributed by atoms with van der Waals surface area (Å²) in [4.78, 5) is 31.3. The third-order valence-electron chi connectivity index (χ3n) is 7.33. The van der Waals surface area contributed by atoms with Gasteiger partial charge >= 0.3 is 0 Å². The maximum atomic E-state index is 13.4. The highest BCUT2D eigenvalue weighted by molar-refractivity contribution is 6.06. The molecule has 5 rings (SSSR count). The van der Waals surface area contributed by atoms with Crippen LogP contribution in [-0.2, 0) is 24.1 Å². The zero-order valence-electron chi connectivity index (χ0n) is 19.4. The lowest BCUT2D eigenvalue weighted by atomic mass is 9.87. The van der Waals surface area contributed by atoms with Gasteiger partial charge in [0.15, 0.2) is 0 Å². The Bertz CT molecular complexity index is 1140. The molecule has 2 N–H and O–H groups in total. The molecule has 0 radical (unpaired) electrons. The number of amides is 2. The third-order valence-corrected chi connectivity index (χ3v) is 7.33. The number of piperidine rings is 1. The van der Waals surface area contributed by atoms with Crippen molar-refractivity contribution in [2.24, 2.45) is 5.92 Å². The van der Waals surface area contributed by atoms with Crippen molar-refractivity contribution in [1.29, 1.82) is 0 Å². The van der Waals surface area contributed by atoms with Gasteiger partial charge in [-0.1, -0.05) is 49.4 Å². The minimum Gasteiger partial charge on any atom is -0.358 e. The van der Waals surface area contributed by atoms with E-state index in [-0.39, 0.29) is 17.9 Å². The van der Waals surface area contributed by atoms with Crippen LogP contribution < -0.4 is 5.32 Å². The summed E-state index contributed by atoms with van der Waals surface area (Å²) < 4.78 is 0. The predicted molar refractivity (Wildman–Crippen MR) is 131 cm³/mol. The molecule has 1 atom stereocenters. The number of aromatic nitrogens is 1. The standard InChI is InChI=1S/C28H33N3O2/c1-19-10-12-25-24(18-19)22-8-5-9-23(27(22)30-25)28(33)31-16-14-21(15-17-31)29-26(32)13-11-20-6-3-2-4-7-20/h2-9,19,21,30H,10-18H2,1H3,(H,29,32). The first-order chi connectivity index (χ1) is 16.1. The van der Waals surface area contributed by atoms with Gasteiger partial charge in [-0.25, -0.2) is 0 Å². The van der Waals surface area contributed by atoms with Crippen molar-refractivity contribution in [3.05, 3.63) is 70.9 Å². The summed E-state index contributed by atoms with van der Waals surface area (Å²) in [5.74, 6) is 0.887. The fourth-order valence-corrected chi connectivity index (χ4v) is 5.39. The average Bonchev–Trinajstić information content (AvgIpc) is 3.21. The molecule has 1 unspecified atom stereocenters. The Labute approximate surface area is 195 Å². The van der Waals surface area contributed by atoms with E-state index in [4.69, 9.17) is 0 Å². The molecule has 1 aromatic heterocycles. The molecule has 5 nitrogen and oxygen atoms in total. The zero-order valence-corrected chi connectivity index (χ0v) is 19.4. The maximum absolute atomic E-state index is 13.4. The molecule has 2 amide bonds. The molecule has 0 bridgehead atoms. The van der Waals surface area contributed by atoms with E-state index >= 15 is 0 Å². The number of nitrogens with one attached hydrogen (secondary N) is 2. The first kappa shape index (κ1) is 21.7. The number of rotatable bonds is 5. The van der Waals surface area contributed by atoms with E-state index in [9.17, 15) is 9.59 Å². The Morgan fingerprint density at radius 3 is 2.61 bits per heavy atom. The van der Waals surface area contributed by atoms with E-state index in [0.29, 0.717) is 25.4 Å². The van der Waals surface area contributed by atoms with Crippen LogP contribution in [0.2, 0.25) is 0 Å². The number of likely N-dealkylation sites (tertiary alicyclic amines) is 1. The minimum atomic E-state index is 0.0968. The summed E-state index contributed by atoms with van der Waals surface area (Å²) in [7, 11) is 0. The molecule has 3 aromatic rings. The molecule has 33 heavy (non-hydrogen) atoms. The molecule has 2 aliphatic rings. The number of nitrogens with zero attached hydrogens (tertiary/aromatic N) is 1. The summed E-state index contributed by atoms with van der Waals surface area (Å²) in [5, 5.41) is 4.38. The predicted octanol–water partition coefficient (Wildman–Crippen LogP) is 4.65. The quantitative estimate of drug-likeness (QED) is 0.603. The smallest absolute Gasteiger partial charge is 0.255 e. The van der Waals surface area contributed by atoms with Crippen molar-refractivity contribution in [3.8, 4) is 0 Å². The Hall–Kier alpha value is -3.08. The second kappa shape index (κ2) is 9.42. The van der Waals surface area contributed by atoms with Crippen LogP contribution in [0.5, 0.6) is 0 Å². The van der Waals surface area contributed by atoms with Crippen LogP contribution >= 0.6 is 0 Å². The molecule has 0 spiro atoms. The van der Waals surface area contributed by atoms with E-state index in [1.807, 2.05) is 35.2 Å². The molecule has 172 valence electrons. The van der Waals surface area contributed by atoms with Crippen molar-refractivity contribution >= 4 is 22.7 Å². The van der Waals surface area contributed by atoms with Crippen molar-refractivity contribution in [2.75, 3.05) is 13.1 Å². The lowest BCUT2D eigenvalue weighted by Crippen LogP contribution is -2.46. The molecule has 5 heteroatoms. The Balaban J connectivity index is 1.19. The van der Waals surface area contributed by atoms with Gasteiger partial charge in [0.1, 0.15) is 0 Å². The summed E-state index contributed by atoms with van der Waals surface area (Å²) in [6.07, 6.45) is 6.22. The fraction of sp³-hybridized carbons (Fsp3) is 0.429. The Kier molecular flexibility index (Phi) is 6.21. The number of carbonyl (C=O) groups is 2. The number of aryl methyl sites for hydroxylation is 2. The number of hydrogen-bond donors (Lipinski definition) is 2. The van der Waals surface area contributed by atoms with Gasteiger partial charge in [0.25, 0.3) is 5.91 Å². The highest BCUT2D eigenvalue weighted by Gasteiger charge is 2.27. The SMILES string of the molecule is CC1CCc2[nH]c3c(C(=O)N4CCC(NC(=O)CCc5ccccc5)CC4)cccc3c2C1. The summed E-state index contributed by atoms with van der Waals surface area (Å²) >= 11 is 0. The first-order valence-electron chi connectivity index (χ1n) is 12.3. The van der Waals surface area contributed by atoms with Crippen molar-refractivity contribution in [1.82, 2.24) is 15.2 Å². The van der Waals surface area contributed by atoms with Crippen molar-refractivity contribution in [3.63, 3.8) is 0 Å². The monoisotopic (exact) mass is 443 g/mol. The number of para-hydroxylation sites is 1. The lowest BCUT2D eigenvalue weighted by molar-refractivity contribution is -0.122. The molecule has 0 saturated carbocycles. The second-order valence-electron chi connectivity index (χ2n) is 9.78. The van der Waals surface area contributed by atoms with Crippen LogP contribution in [-0.4, -0.2) is 40.8 Å². The van der Waals surface area contributed by atoms with Crippen LogP contribution in [0.15, 0.2) is 48.5 Å². The number of fused-ring (bicyclic) bond motifs is 3. The summed E-state index contributed by atoms with van der Waals surface area (Å²) in [6, 6.07) is 16.4. The van der Waals surface area contributed by atoms with Crippen LogP contribution in [0, 0.1) is 5.92 Å². The molecular weight excluding hydrogens is 410 g/mol. The van der Waals surface area contributed by atoms with E-state index < -0.39 is 0 Å². The maximum Gasteiger partial charge on any atom is 0.255 e. The molecule has 2 aromatic carbocycles. The number of hydrogen-bond acceptors (Lipinski definition) is 2. The second-order valence-corrected chi connectivity index (χ2v) is 9.78. The number of aromatic amines is 1. The van der Waals surface area contributed by atoms with Gasteiger partial charge < -0.3 is 15.2 Å². The largest absolute Gasteiger partial charge is 0.358 e. The minimum absolute atomic E-state index is 0.0968. The highest BCUT2D eigenvalue weighted by atomic mass is 16.2. The van der Waals surface area contributed by atoms with Crippen LogP contribution in [0.4, 0.5) is 0 Å². The van der Waals surface area contributed by atoms with Crippen LogP contribution in [0.25, 0.3) is 10.9 Å². The fourth-order valence-electron chi connectivity index (χ4n) is 5.39. The van der Waals surface area contributed by atoms with E-state index in [2.05, 4.69) is 35.4 Å². The highest BCUT2D eigenvalue weighted by Crippen LogP contribution is 2.33. The van der Waals surface area contributed by atoms with Gasteiger partial charge in [-0.05, 0) is 61.6 Å². The van der Waals surface area contributed by atoms with Gasteiger partial charge in [0.05, 0.1) is 11.1 Å². The molecule has 1 aliphatic carbocycles. The Morgan fingerprint density at radius 1 is 1.03 bits per heavy atom. The van der Waals surface area contributed by atoms with Gasteiger partial charge in [-0.3, -0.25) is 9.59 Å². The number of H-pyrrole nitrogens is 1. The number of benzene rings is 2. The third kappa shape index (κ3) is 4.68. The van der Waals surface area contributed by atoms with Gasteiger partial charge in [-0.15, -0.1) is 0 Å². The van der Waals surface area contributed by atoms with E-state index in [1.54, 1.807) is 0 Å². The van der Waals surface area contributed by atoms with E-state index in [1.165, 1.54) is 28.6 Å². The van der Waals surface area contributed by atoms with Gasteiger partial charge in [0.2, 0.25) is 5.91 Å². The zero-order chi connectivity index (χ0) is 22.8. The average molecular weight is 444 g/mol. The normalized spacial score (nSPS) is 18.8. The van der Waals surface area contributed by atoms with Crippen LogP contribution in [0.3, 0.4) is 0 Å². The van der Waals surface area contributed by atoms with E-state index in [0.717, 1.165) is 43.2 Å². The number of carbonyl (C=O) groups excluding carboxylic acids is 2. The van der Waals surface area contributed by atoms with Crippen molar-refractivity contribution in [2.45, 2.75) is 57.9 Å². The molecule has 1 aliphatic heterocycles. The summed E-state index contributed by atoms with van der Waals surface area (Å²) in [6.45, 7) is 3.66. The topological polar surface area (TPSA) is 65.2 Å². The molecular formula is C28H33N3O2. The first-order valence-corrected chi connectivity index (χ1v) is 12.3. The lowest BCUT2D eigenvalue weighted by Gasteiger charge is -2.32. The van der Waals surface area contributed by atoms with Gasteiger partial charge in [0, 0.05) is 36.6 Å². The van der Waals surface area contributed by atoms with Gasteiger partial charge in [-0.2, -0.15) is 0 Å². The van der Waals surface area contributed by atoms with Crippen molar-refractivity contribution < 1.29 is 9.59 Å². The molecule has 1 fully saturated rings. The molecule has 2 heterocycles.